The van der Waals surface area contributed by atoms with E-state index in [0.717, 1.165) is 24.3 Å². The molecule has 2 aliphatic heterocycles. The van der Waals surface area contributed by atoms with Gasteiger partial charge < -0.3 is 4.90 Å². The molecule has 4 rings (SSSR count). The third-order valence-corrected chi connectivity index (χ3v) is 8.39. The molecule has 0 radical (unpaired) electrons. The van der Waals surface area contributed by atoms with E-state index in [4.69, 9.17) is 0 Å². The minimum absolute atomic E-state index is 0.132. The molecule has 0 aromatic carbocycles. The SMILES string of the molecule is Cc1ccc(N2CC3(CCN(S(=O)(=O)C4CC4)C3)CC2=O)s1. The molecule has 22 heavy (non-hydrogen) atoms. The van der Waals surface area contributed by atoms with Crippen molar-refractivity contribution in [3.05, 3.63) is 17.0 Å². The molecule has 7 heteroatoms. The molecule has 0 bridgehead atoms. The van der Waals surface area contributed by atoms with E-state index in [1.165, 1.54) is 4.88 Å². The number of thiophene rings is 1. The van der Waals surface area contributed by atoms with Crippen LogP contribution in [0.15, 0.2) is 12.1 Å². The predicted molar refractivity (Wildman–Crippen MR) is 86.6 cm³/mol. The molecule has 2 saturated heterocycles. The smallest absolute Gasteiger partial charge is 0.228 e. The van der Waals surface area contributed by atoms with E-state index in [2.05, 4.69) is 0 Å². The van der Waals surface area contributed by atoms with Gasteiger partial charge in [-0.15, -0.1) is 11.3 Å². The lowest BCUT2D eigenvalue weighted by Gasteiger charge is -2.23. The van der Waals surface area contributed by atoms with Gasteiger partial charge in [0, 0.05) is 36.3 Å². The fourth-order valence-corrected chi connectivity index (χ4v) is 6.46. The van der Waals surface area contributed by atoms with Gasteiger partial charge >= 0.3 is 0 Å². The number of sulfonamides is 1. The molecular formula is C15H20N2O3S2. The number of aryl methyl sites for hydroxylation is 1. The van der Waals surface area contributed by atoms with E-state index in [1.807, 2.05) is 24.0 Å². The standard InChI is InChI=1S/C15H20N2O3S2/c1-11-2-5-14(21-11)17-10-15(8-13(17)18)6-7-16(9-15)22(19,20)12-3-4-12/h2,5,12H,3-4,6-10H2,1H3. The Kier molecular flexibility index (Phi) is 3.19. The van der Waals surface area contributed by atoms with E-state index in [-0.39, 0.29) is 16.6 Å². The highest BCUT2D eigenvalue weighted by Gasteiger charge is 2.52. The minimum atomic E-state index is -3.12. The summed E-state index contributed by atoms with van der Waals surface area (Å²) in [6, 6.07) is 4.02. The highest BCUT2D eigenvalue weighted by Crippen LogP contribution is 2.45. The molecule has 1 aromatic heterocycles. The number of carbonyl (C=O) groups is 1. The van der Waals surface area contributed by atoms with Crippen molar-refractivity contribution >= 4 is 32.3 Å². The highest BCUT2D eigenvalue weighted by molar-refractivity contribution is 7.90. The monoisotopic (exact) mass is 340 g/mol. The van der Waals surface area contributed by atoms with E-state index < -0.39 is 10.0 Å². The van der Waals surface area contributed by atoms with Crippen LogP contribution in [0.2, 0.25) is 0 Å². The molecule has 1 unspecified atom stereocenters. The lowest BCUT2D eigenvalue weighted by molar-refractivity contribution is -0.117. The van der Waals surface area contributed by atoms with Gasteiger partial charge in [0.25, 0.3) is 0 Å². The predicted octanol–water partition coefficient (Wildman–Crippen LogP) is 1.98. The number of hydrogen-bond acceptors (Lipinski definition) is 4. The molecule has 1 aliphatic carbocycles. The first-order valence-corrected chi connectivity index (χ1v) is 10.1. The average Bonchev–Trinajstić information content (AvgIpc) is 3.00. The zero-order valence-electron chi connectivity index (χ0n) is 12.6. The van der Waals surface area contributed by atoms with Gasteiger partial charge in [0.1, 0.15) is 0 Å². The molecular weight excluding hydrogens is 320 g/mol. The van der Waals surface area contributed by atoms with E-state index in [0.29, 0.717) is 26.1 Å². The molecule has 1 saturated carbocycles. The van der Waals surface area contributed by atoms with Crippen molar-refractivity contribution in [3.63, 3.8) is 0 Å². The summed E-state index contributed by atoms with van der Waals surface area (Å²) in [5, 5.41) is 0.832. The summed E-state index contributed by atoms with van der Waals surface area (Å²) in [6.07, 6.45) is 2.86. The van der Waals surface area contributed by atoms with Crippen LogP contribution in [0.1, 0.15) is 30.6 Å². The molecule has 3 fully saturated rings. The first-order chi connectivity index (χ1) is 10.4. The van der Waals surface area contributed by atoms with E-state index in [9.17, 15) is 13.2 Å². The fourth-order valence-electron chi connectivity index (χ4n) is 3.62. The summed E-state index contributed by atoms with van der Waals surface area (Å²) in [5.41, 5.74) is -0.184. The van der Waals surface area contributed by atoms with E-state index in [1.54, 1.807) is 15.6 Å². The average molecular weight is 340 g/mol. The summed E-state index contributed by atoms with van der Waals surface area (Å²) >= 11 is 1.63. The molecule has 120 valence electrons. The van der Waals surface area contributed by atoms with Gasteiger partial charge in [0.2, 0.25) is 15.9 Å². The Balaban J connectivity index is 1.53. The van der Waals surface area contributed by atoms with Crippen LogP contribution in [0.5, 0.6) is 0 Å². The van der Waals surface area contributed by atoms with Gasteiger partial charge in [-0.3, -0.25) is 4.79 Å². The van der Waals surface area contributed by atoms with Crippen LogP contribution < -0.4 is 4.90 Å². The molecule has 3 heterocycles. The maximum Gasteiger partial charge on any atom is 0.228 e. The van der Waals surface area contributed by atoms with Gasteiger partial charge in [0.05, 0.1) is 10.3 Å². The van der Waals surface area contributed by atoms with Crippen molar-refractivity contribution in [1.82, 2.24) is 4.31 Å². The number of anilines is 1. The Bertz CT molecular complexity index is 723. The Morgan fingerprint density at radius 2 is 2.05 bits per heavy atom. The minimum Gasteiger partial charge on any atom is -0.303 e. The van der Waals surface area contributed by atoms with Gasteiger partial charge in [-0.1, -0.05) is 0 Å². The number of rotatable bonds is 3. The Morgan fingerprint density at radius 1 is 1.27 bits per heavy atom. The number of nitrogens with zero attached hydrogens (tertiary/aromatic N) is 2. The number of amides is 1. The summed E-state index contributed by atoms with van der Waals surface area (Å²) in [4.78, 5) is 15.5. The normalized spacial score (nSPS) is 29.9. The third kappa shape index (κ3) is 2.30. The van der Waals surface area contributed by atoms with Crippen LogP contribution in [0.25, 0.3) is 0 Å². The van der Waals surface area contributed by atoms with Crippen molar-refractivity contribution < 1.29 is 13.2 Å². The third-order valence-electron chi connectivity index (χ3n) is 5.02. The van der Waals surface area contributed by atoms with Crippen LogP contribution in [0.4, 0.5) is 5.00 Å². The largest absolute Gasteiger partial charge is 0.303 e. The Hall–Kier alpha value is -0.920. The van der Waals surface area contributed by atoms with Crippen LogP contribution >= 0.6 is 11.3 Å². The molecule has 1 spiro atoms. The first kappa shape index (κ1) is 14.7. The lowest BCUT2D eigenvalue weighted by Crippen LogP contribution is -2.35. The van der Waals surface area contributed by atoms with Gasteiger partial charge in [0.15, 0.2) is 0 Å². The molecule has 1 amide bonds. The quantitative estimate of drug-likeness (QED) is 0.845. The Labute approximate surface area is 135 Å². The summed E-state index contributed by atoms with van der Waals surface area (Å²) in [5.74, 6) is 0.132. The lowest BCUT2D eigenvalue weighted by atomic mass is 9.86. The summed E-state index contributed by atoms with van der Waals surface area (Å²) < 4.78 is 26.4. The second-order valence-electron chi connectivity index (χ2n) is 6.87. The molecule has 1 aromatic rings. The zero-order valence-corrected chi connectivity index (χ0v) is 14.3. The highest BCUT2D eigenvalue weighted by atomic mass is 32.2. The van der Waals surface area contributed by atoms with Crippen LogP contribution in [0.3, 0.4) is 0 Å². The first-order valence-electron chi connectivity index (χ1n) is 7.75. The van der Waals surface area contributed by atoms with Crippen LogP contribution in [0, 0.1) is 12.3 Å². The summed E-state index contributed by atoms with van der Waals surface area (Å²) in [7, 11) is -3.12. The van der Waals surface area contributed by atoms with Gasteiger partial charge in [-0.05, 0) is 38.3 Å². The fraction of sp³-hybridized carbons (Fsp3) is 0.667. The molecule has 0 N–H and O–H groups in total. The number of hydrogen-bond donors (Lipinski definition) is 0. The molecule has 1 atom stereocenters. The molecule has 5 nitrogen and oxygen atoms in total. The Morgan fingerprint density at radius 3 is 2.68 bits per heavy atom. The second kappa shape index (κ2) is 4.79. The van der Waals surface area contributed by atoms with E-state index >= 15 is 0 Å². The van der Waals surface area contributed by atoms with Crippen molar-refractivity contribution in [2.24, 2.45) is 5.41 Å². The van der Waals surface area contributed by atoms with Gasteiger partial charge in [-0.2, -0.15) is 0 Å². The topological polar surface area (TPSA) is 57.7 Å². The van der Waals surface area contributed by atoms with Crippen molar-refractivity contribution in [1.29, 1.82) is 0 Å². The van der Waals surface area contributed by atoms with Gasteiger partial charge in [-0.25, -0.2) is 12.7 Å². The maximum absolute atomic E-state index is 12.4. The van der Waals surface area contributed by atoms with Crippen molar-refractivity contribution in [2.75, 3.05) is 24.5 Å². The second-order valence-corrected chi connectivity index (χ2v) is 10.3. The summed E-state index contributed by atoms with van der Waals surface area (Å²) in [6.45, 7) is 3.77. The van der Waals surface area contributed by atoms with Crippen LogP contribution in [-0.4, -0.2) is 43.5 Å². The number of carbonyl (C=O) groups excluding carboxylic acids is 1. The molecule has 3 aliphatic rings. The maximum atomic E-state index is 12.4. The zero-order chi connectivity index (χ0) is 15.5. The van der Waals surface area contributed by atoms with Crippen molar-refractivity contribution in [3.8, 4) is 0 Å². The van der Waals surface area contributed by atoms with Crippen molar-refractivity contribution in [2.45, 2.75) is 37.9 Å². The van der Waals surface area contributed by atoms with Crippen LogP contribution in [-0.2, 0) is 14.8 Å².